The number of carbonyl (C=O) groups is 2. The monoisotopic (exact) mass is 253 g/mol. The van der Waals surface area contributed by atoms with Crippen molar-refractivity contribution in [2.75, 3.05) is 12.3 Å². The van der Waals surface area contributed by atoms with Gasteiger partial charge in [0.25, 0.3) is 0 Å². The molecule has 17 heavy (non-hydrogen) atoms. The molecule has 4 nitrogen and oxygen atoms in total. The molecule has 1 aromatic carbocycles. The van der Waals surface area contributed by atoms with Gasteiger partial charge in [-0.2, -0.15) is 0 Å². The van der Waals surface area contributed by atoms with Gasteiger partial charge in [-0.3, -0.25) is 9.59 Å². The first-order valence-corrected chi connectivity index (χ1v) is 6.22. The molecule has 0 bridgehead atoms. The lowest BCUT2D eigenvalue weighted by molar-refractivity contribution is -0.131. The van der Waals surface area contributed by atoms with Crippen molar-refractivity contribution >= 4 is 23.6 Å². The number of nitrogens with one attached hydrogen (secondary N) is 1. The zero-order valence-corrected chi connectivity index (χ0v) is 10.7. The summed E-state index contributed by atoms with van der Waals surface area (Å²) in [5.74, 6) is 1.02. The lowest BCUT2D eigenvalue weighted by Gasteiger charge is -2.04. The zero-order chi connectivity index (χ0) is 12.7. The molecule has 1 aromatic rings. The fourth-order valence-corrected chi connectivity index (χ4v) is 1.93. The van der Waals surface area contributed by atoms with Crippen LogP contribution in [-0.2, 0) is 9.59 Å². The van der Waals surface area contributed by atoms with Gasteiger partial charge in [-0.1, -0.05) is 0 Å². The lowest BCUT2D eigenvalue weighted by Crippen LogP contribution is -2.22. The van der Waals surface area contributed by atoms with E-state index in [0.717, 1.165) is 10.6 Å². The molecule has 0 aliphatic carbocycles. The normalized spacial score (nSPS) is 9.76. The summed E-state index contributed by atoms with van der Waals surface area (Å²) in [6.45, 7) is 3.51. The third-order valence-electron chi connectivity index (χ3n) is 1.83. The summed E-state index contributed by atoms with van der Waals surface area (Å²) in [5.41, 5.74) is 0. The van der Waals surface area contributed by atoms with Crippen molar-refractivity contribution < 1.29 is 14.3 Å². The highest BCUT2D eigenvalue weighted by Gasteiger charge is 1.99. The second-order valence-electron chi connectivity index (χ2n) is 3.40. The van der Waals surface area contributed by atoms with Crippen molar-refractivity contribution in [3.63, 3.8) is 0 Å². The van der Waals surface area contributed by atoms with Gasteiger partial charge in [0.1, 0.15) is 5.75 Å². The summed E-state index contributed by atoms with van der Waals surface area (Å²) in [4.78, 5) is 22.4. The van der Waals surface area contributed by atoms with Crippen molar-refractivity contribution in [2.45, 2.75) is 18.7 Å². The van der Waals surface area contributed by atoms with Crippen molar-refractivity contribution in [2.24, 2.45) is 0 Å². The Hall–Kier alpha value is -1.49. The molecule has 0 radical (unpaired) electrons. The van der Waals surface area contributed by atoms with E-state index >= 15 is 0 Å². The summed E-state index contributed by atoms with van der Waals surface area (Å²) < 4.78 is 4.92. The molecule has 0 aromatic heterocycles. The molecular formula is C12H15NO3S. The van der Waals surface area contributed by atoms with E-state index in [0.29, 0.717) is 12.3 Å². The van der Waals surface area contributed by atoms with Crippen LogP contribution in [0, 0.1) is 0 Å². The van der Waals surface area contributed by atoms with E-state index in [1.54, 1.807) is 23.9 Å². The second-order valence-corrected chi connectivity index (χ2v) is 4.56. The minimum absolute atomic E-state index is 0.0178. The minimum Gasteiger partial charge on any atom is -0.427 e. The highest BCUT2D eigenvalue weighted by Crippen LogP contribution is 2.20. The molecule has 1 amide bonds. The number of rotatable bonds is 5. The van der Waals surface area contributed by atoms with Crippen molar-refractivity contribution in [3.05, 3.63) is 24.3 Å². The summed E-state index contributed by atoms with van der Waals surface area (Å²) in [7, 11) is 0. The molecular weight excluding hydrogens is 238 g/mol. The highest BCUT2D eigenvalue weighted by molar-refractivity contribution is 7.99. The van der Waals surface area contributed by atoms with Gasteiger partial charge in [0.05, 0.1) is 0 Å². The van der Waals surface area contributed by atoms with Crippen LogP contribution >= 0.6 is 11.8 Å². The molecule has 0 aliphatic heterocycles. The maximum atomic E-state index is 10.7. The van der Waals surface area contributed by atoms with E-state index in [4.69, 9.17) is 4.74 Å². The first-order valence-electron chi connectivity index (χ1n) is 5.23. The molecule has 92 valence electrons. The van der Waals surface area contributed by atoms with Gasteiger partial charge in [0.15, 0.2) is 0 Å². The van der Waals surface area contributed by atoms with Gasteiger partial charge in [0, 0.05) is 31.0 Å². The minimum atomic E-state index is -0.323. The Morgan fingerprint density at radius 1 is 1.24 bits per heavy atom. The van der Waals surface area contributed by atoms with Crippen molar-refractivity contribution in [1.29, 1.82) is 0 Å². The Morgan fingerprint density at radius 3 is 2.41 bits per heavy atom. The Labute approximate surface area is 105 Å². The molecule has 0 unspecified atom stereocenters. The molecule has 0 saturated heterocycles. The first kappa shape index (κ1) is 13.6. The van der Waals surface area contributed by atoms with Gasteiger partial charge in [0.2, 0.25) is 5.91 Å². The molecule has 5 heteroatoms. The fraction of sp³-hybridized carbons (Fsp3) is 0.333. The van der Waals surface area contributed by atoms with Gasteiger partial charge in [-0.15, -0.1) is 11.8 Å². The number of carbonyl (C=O) groups excluding carboxylic acids is 2. The van der Waals surface area contributed by atoms with Crippen LogP contribution in [0.15, 0.2) is 29.2 Å². The van der Waals surface area contributed by atoms with Crippen LogP contribution in [0.25, 0.3) is 0 Å². The lowest BCUT2D eigenvalue weighted by atomic mass is 10.3. The van der Waals surface area contributed by atoms with Crippen LogP contribution in [-0.4, -0.2) is 24.2 Å². The van der Waals surface area contributed by atoms with Crippen molar-refractivity contribution in [1.82, 2.24) is 5.32 Å². The number of hydrogen-bond donors (Lipinski definition) is 1. The average Bonchev–Trinajstić information content (AvgIpc) is 2.25. The summed E-state index contributed by atoms with van der Waals surface area (Å²) in [5, 5.41) is 2.72. The molecule has 0 fully saturated rings. The van der Waals surface area contributed by atoms with Crippen LogP contribution in [0.4, 0.5) is 0 Å². The number of esters is 1. The van der Waals surface area contributed by atoms with E-state index in [1.165, 1.54) is 13.8 Å². The van der Waals surface area contributed by atoms with Gasteiger partial charge in [-0.05, 0) is 24.3 Å². The fourth-order valence-electron chi connectivity index (χ4n) is 1.17. The molecule has 0 aliphatic rings. The number of amides is 1. The van der Waals surface area contributed by atoms with Crippen LogP contribution in [0.5, 0.6) is 5.75 Å². The quantitative estimate of drug-likeness (QED) is 0.376. The summed E-state index contributed by atoms with van der Waals surface area (Å²) in [6, 6.07) is 7.28. The van der Waals surface area contributed by atoms with Crippen molar-refractivity contribution in [3.8, 4) is 5.75 Å². The number of benzene rings is 1. The maximum absolute atomic E-state index is 10.7. The largest absolute Gasteiger partial charge is 0.427 e. The molecule has 0 spiro atoms. The summed E-state index contributed by atoms with van der Waals surface area (Å²) in [6.07, 6.45) is 0. The van der Waals surface area contributed by atoms with E-state index < -0.39 is 0 Å². The summed E-state index contributed by atoms with van der Waals surface area (Å²) >= 11 is 1.63. The highest BCUT2D eigenvalue weighted by atomic mass is 32.2. The van der Waals surface area contributed by atoms with Gasteiger partial charge < -0.3 is 10.1 Å². The standard InChI is InChI=1S/C12H15NO3S/c1-9(14)13-7-8-17-12-5-3-11(4-6-12)16-10(2)15/h3-6H,7-8H2,1-2H3,(H,13,14). The molecule has 0 saturated carbocycles. The molecule has 0 atom stereocenters. The van der Waals surface area contributed by atoms with E-state index in [2.05, 4.69) is 5.32 Å². The maximum Gasteiger partial charge on any atom is 0.308 e. The topological polar surface area (TPSA) is 55.4 Å². The average molecular weight is 253 g/mol. The third-order valence-corrected chi connectivity index (χ3v) is 2.84. The smallest absolute Gasteiger partial charge is 0.308 e. The number of ether oxygens (including phenoxy) is 1. The molecule has 1 N–H and O–H groups in total. The molecule has 1 rings (SSSR count). The predicted molar refractivity (Wildman–Crippen MR) is 67.2 cm³/mol. The predicted octanol–water partition coefficient (Wildman–Crippen LogP) is 1.84. The Morgan fingerprint density at radius 2 is 1.88 bits per heavy atom. The SMILES string of the molecule is CC(=O)NCCSc1ccc(OC(C)=O)cc1. The second kappa shape index (κ2) is 6.96. The van der Waals surface area contributed by atoms with Gasteiger partial charge >= 0.3 is 5.97 Å². The van der Waals surface area contributed by atoms with Gasteiger partial charge in [-0.25, -0.2) is 0 Å². The Kier molecular flexibility index (Phi) is 5.56. The zero-order valence-electron chi connectivity index (χ0n) is 9.86. The Bertz CT molecular complexity index is 389. The Balaban J connectivity index is 2.35. The van der Waals surface area contributed by atoms with E-state index in [1.807, 2.05) is 12.1 Å². The number of hydrogen-bond acceptors (Lipinski definition) is 4. The third kappa shape index (κ3) is 5.97. The van der Waals surface area contributed by atoms with Crippen LogP contribution in [0.2, 0.25) is 0 Å². The van der Waals surface area contributed by atoms with Crippen LogP contribution < -0.4 is 10.1 Å². The molecule has 0 heterocycles. The van der Waals surface area contributed by atoms with E-state index in [9.17, 15) is 9.59 Å². The van der Waals surface area contributed by atoms with Crippen LogP contribution in [0.1, 0.15) is 13.8 Å². The van der Waals surface area contributed by atoms with Crippen LogP contribution in [0.3, 0.4) is 0 Å². The van der Waals surface area contributed by atoms with E-state index in [-0.39, 0.29) is 11.9 Å². The first-order chi connectivity index (χ1) is 8.08. The number of thioether (sulfide) groups is 1.